The molecule has 0 fully saturated rings. The minimum atomic E-state index is -0.0490. The van der Waals surface area contributed by atoms with E-state index in [0.717, 1.165) is 33.4 Å². The maximum Gasteiger partial charge on any atom is 0.243 e. The van der Waals surface area contributed by atoms with Crippen molar-refractivity contribution >= 4 is 33.2 Å². The van der Waals surface area contributed by atoms with Crippen LogP contribution in [0.2, 0.25) is 0 Å². The Kier molecular flexibility index (Phi) is 5.61. The first-order valence-corrected chi connectivity index (χ1v) is 8.19. The highest BCUT2D eigenvalue weighted by atomic mass is 79.9. The molecule has 22 heavy (non-hydrogen) atoms. The standard InChI is InChI=1S/C18H21BrN2O/c1-4-14-7-5-6-12(2)18(14)20-11-17(22)21-15-8-9-16(19)13(3)10-15/h5-10,20H,4,11H2,1-3H3,(H,21,22). The predicted octanol–water partition coefficient (Wildman–Crippen LogP) is 4.68. The molecule has 0 aliphatic rings. The quantitative estimate of drug-likeness (QED) is 0.812. The molecule has 116 valence electrons. The van der Waals surface area contributed by atoms with Crippen LogP contribution in [0.25, 0.3) is 0 Å². The highest BCUT2D eigenvalue weighted by Gasteiger charge is 2.07. The summed E-state index contributed by atoms with van der Waals surface area (Å²) in [6.45, 7) is 6.42. The molecule has 0 spiro atoms. The van der Waals surface area contributed by atoms with Crippen molar-refractivity contribution in [3.63, 3.8) is 0 Å². The largest absolute Gasteiger partial charge is 0.376 e. The normalized spacial score (nSPS) is 10.4. The van der Waals surface area contributed by atoms with Crippen LogP contribution in [0.4, 0.5) is 11.4 Å². The van der Waals surface area contributed by atoms with Gasteiger partial charge in [-0.05, 0) is 55.2 Å². The van der Waals surface area contributed by atoms with Crippen LogP contribution >= 0.6 is 15.9 Å². The molecule has 0 aromatic heterocycles. The predicted molar refractivity (Wildman–Crippen MR) is 96.6 cm³/mol. The number of anilines is 2. The lowest BCUT2D eigenvalue weighted by molar-refractivity contribution is -0.114. The molecule has 3 nitrogen and oxygen atoms in total. The van der Waals surface area contributed by atoms with Crippen LogP contribution in [0.5, 0.6) is 0 Å². The fourth-order valence-electron chi connectivity index (χ4n) is 2.37. The number of carbonyl (C=O) groups excluding carboxylic acids is 1. The Morgan fingerprint density at radius 3 is 2.59 bits per heavy atom. The summed E-state index contributed by atoms with van der Waals surface area (Å²) < 4.78 is 1.04. The molecule has 0 radical (unpaired) electrons. The lowest BCUT2D eigenvalue weighted by Crippen LogP contribution is -2.22. The molecule has 2 aromatic rings. The van der Waals surface area contributed by atoms with Gasteiger partial charge in [-0.3, -0.25) is 4.79 Å². The molecule has 2 rings (SSSR count). The Morgan fingerprint density at radius 2 is 1.91 bits per heavy atom. The van der Waals surface area contributed by atoms with Crippen LogP contribution < -0.4 is 10.6 Å². The van der Waals surface area contributed by atoms with E-state index in [9.17, 15) is 4.79 Å². The van der Waals surface area contributed by atoms with Crippen LogP contribution in [0.3, 0.4) is 0 Å². The summed E-state index contributed by atoms with van der Waals surface area (Å²) in [5.74, 6) is -0.0490. The molecule has 0 atom stereocenters. The average molecular weight is 361 g/mol. The Morgan fingerprint density at radius 1 is 1.14 bits per heavy atom. The van der Waals surface area contributed by atoms with Crippen molar-refractivity contribution in [3.8, 4) is 0 Å². The van der Waals surface area contributed by atoms with Crippen molar-refractivity contribution in [2.75, 3.05) is 17.2 Å². The van der Waals surface area contributed by atoms with Crippen LogP contribution in [-0.4, -0.2) is 12.5 Å². The van der Waals surface area contributed by atoms with Crippen molar-refractivity contribution in [1.29, 1.82) is 0 Å². The van der Waals surface area contributed by atoms with Crippen molar-refractivity contribution < 1.29 is 4.79 Å². The summed E-state index contributed by atoms with van der Waals surface area (Å²) in [5, 5.41) is 6.17. The zero-order valence-corrected chi connectivity index (χ0v) is 14.8. The number of carbonyl (C=O) groups is 1. The van der Waals surface area contributed by atoms with Crippen LogP contribution in [-0.2, 0) is 11.2 Å². The summed E-state index contributed by atoms with van der Waals surface area (Å²) in [5.41, 5.74) is 5.36. The topological polar surface area (TPSA) is 41.1 Å². The molecular formula is C18H21BrN2O. The highest BCUT2D eigenvalue weighted by molar-refractivity contribution is 9.10. The van der Waals surface area contributed by atoms with Gasteiger partial charge in [-0.25, -0.2) is 0 Å². The Labute approximate surface area is 140 Å². The van der Waals surface area contributed by atoms with Crippen molar-refractivity contribution in [2.24, 2.45) is 0 Å². The van der Waals surface area contributed by atoms with Gasteiger partial charge in [-0.15, -0.1) is 0 Å². The smallest absolute Gasteiger partial charge is 0.243 e. The molecule has 0 unspecified atom stereocenters. The number of para-hydroxylation sites is 1. The Balaban J connectivity index is 2.00. The van der Waals surface area contributed by atoms with Gasteiger partial charge in [0, 0.05) is 15.8 Å². The van der Waals surface area contributed by atoms with Crippen molar-refractivity contribution in [2.45, 2.75) is 27.2 Å². The number of aryl methyl sites for hydroxylation is 3. The van der Waals surface area contributed by atoms with Crippen LogP contribution in [0, 0.1) is 13.8 Å². The number of amides is 1. The zero-order valence-electron chi connectivity index (χ0n) is 13.2. The maximum absolute atomic E-state index is 12.1. The Hall–Kier alpha value is -1.81. The van der Waals surface area contributed by atoms with E-state index in [0.29, 0.717) is 0 Å². The molecule has 0 saturated heterocycles. The third kappa shape index (κ3) is 4.10. The number of benzene rings is 2. The van der Waals surface area contributed by atoms with Crippen LogP contribution in [0.15, 0.2) is 40.9 Å². The van der Waals surface area contributed by atoms with Gasteiger partial charge in [0.2, 0.25) is 5.91 Å². The van der Waals surface area contributed by atoms with E-state index in [-0.39, 0.29) is 12.5 Å². The van der Waals surface area contributed by atoms with E-state index in [1.54, 1.807) is 0 Å². The number of rotatable bonds is 5. The summed E-state index contributed by atoms with van der Waals surface area (Å²) in [4.78, 5) is 12.1. The van der Waals surface area contributed by atoms with Crippen molar-refractivity contribution in [1.82, 2.24) is 0 Å². The third-order valence-corrected chi connectivity index (χ3v) is 4.50. The van der Waals surface area contributed by atoms with Gasteiger partial charge in [0.15, 0.2) is 0 Å². The lowest BCUT2D eigenvalue weighted by atomic mass is 10.1. The van der Waals surface area contributed by atoms with Crippen molar-refractivity contribution in [3.05, 3.63) is 57.6 Å². The van der Waals surface area contributed by atoms with Gasteiger partial charge < -0.3 is 10.6 Å². The first-order valence-electron chi connectivity index (χ1n) is 7.39. The summed E-state index contributed by atoms with van der Waals surface area (Å²) in [6.07, 6.45) is 0.942. The number of hydrogen-bond donors (Lipinski definition) is 2. The molecule has 2 N–H and O–H groups in total. The van der Waals surface area contributed by atoms with Gasteiger partial charge in [-0.2, -0.15) is 0 Å². The van der Waals surface area contributed by atoms with E-state index in [1.807, 2.05) is 31.2 Å². The first-order chi connectivity index (χ1) is 10.5. The maximum atomic E-state index is 12.1. The molecule has 4 heteroatoms. The van der Waals surface area contributed by atoms with Gasteiger partial charge in [0.05, 0.1) is 6.54 Å². The fraction of sp³-hybridized carbons (Fsp3) is 0.278. The van der Waals surface area contributed by atoms with Gasteiger partial charge >= 0.3 is 0 Å². The van der Waals surface area contributed by atoms with Gasteiger partial charge in [0.1, 0.15) is 0 Å². The second-order valence-electron chi connectivity index (χ2n) is 5.33. The van der Waals surface area contributed by atoms with E-state index in [4.69, 9.17) is 0 Å². The van der Waals surface area contributed by atoms with E-state index in [1.165, 1.54) is 5.56 Å². The summed E-state index contributed by atoms with van der Waals surface area (Å²) in [7, 11) is 0. The highest BCUT2D eigenvalue weighted by Crippen LogP contribution is 2.22. The molecule has 0 bridgehead atoms. The van der Waals surface area contributed by atoms with Gasteiger partial charge in [0.25, 0.3) is 0 Å². The molecule has 1 amide bonds. The summed E-state index contributed by atoms with van der Waals surface area (Å²) >= 11 is 3.46. The van der Waals surface area contributed by atoms with E-state index in [2.05, 4.69) is 52.5 Å². The monoisotopic (exact) mass is 360 g/mol. The second kappa shape index (κ2) is 7.45. The fourth-order valence-corrected chi connectivity index (χ4v) is 2.62. The van der Waals surface area contributed by atoms with E-state index >= 15 is 0 Å². The number of hydrogen-bond acceptors (Lipinski definition) is 2. The molecule has 0 heterocycles. The molecular weight excluding hydrogens is 340 g/mol. The Bertz CT molecular complexity index is 683. The minimum absolute atomic E-state index is 0.0490. The molecule has 2 aromatic carbocycles. The number of nitrogens with one attached hydrogen (secondary N) is 2. The summed E-state index contributed by atoms with van der Waals surface area (Å²) in [6, 6.07) is 12.0. The van der Waals surface area contributed by atoms with Gasteiger partial charge in [-0.1, -0.05) is 41.1 Å². The lowest BCUT2D eigenvalue weighted by Gasteiger charge is -2.14. The first kappa shape index (κ1) is 16.6. The SMILES string of the molecule is CCc1cccc(C)c1NCC(=O)Nc1ccc(Br)c(C)c1. The average Bonchev–Trinajstić information content (AvgIpc) is 2.49. The van der Waals surface area contributed by atoms with E-state index < -0.39 is 0 Å². The minimum Gasteiger partial charge on any atom is -0.376 e. The number of halogens is 1. The van der Waals surface area contributed by atoms with Crippen LogP contribution in [0.1, 0.15) is 23.6 Å². The molecule has 0 aliphatic carbocycles. The zero-order chi connectivity index (χ0) is 16.1. The third-order valence-electron chi connectivity index (χ3n) is 3.61. The molecule has 0 aliphatic heterocycles. The second-order valence-corrected chi connectivity index (χ2v) is 6.18. The molecule has 0 saturated carbocycles.